The van der Waals surface area contributed by atoms with Crippen LogP contribution in [0.2, 0.25) is 0 Å². The first-order chi connectivity index (χ1) is 18.4. The van der Waals surface area contributed by atoms with Crippen molar-refractivity contribution in [2.45, 2.75) is 13.8 Å². The van der Waals surface area contributed by atoms with E-state index < -0.39 is 5.97 Å². The molecule has 4 rings (SSSR count). The summed E-state index contributed by atoms with van der Waals surface area (Å²) in [5, 5.41) is -0.357. The number of nitrogens with zero attached hydrogens (tertiary/aromatic N) is 1. The molecule has 1 heterocycles. The van der Waals surface area contributed by atoms with Crippen LogP contribution in [0.15, 0.2) is 71.6 Å². The van der Waals surface area contributed by atoms with Gasteiger partial charge in [-0.1, -0.05) is 18.2 Å². The van der Waals surface area contributed by atoms with Gasteiger partial charge in [0.25, 0.3) is 11.1 Å². The average molecular weight is 534 g/mol. The summed E-state index contributed by atoms with van der Waals surface area (Å²) in [6, 6.07) is 19.1. The fraction of sp³-hybridized carbons (Fsp3) is 0.207. The zero-order valence-electron chi connectivity index (χ0n) is 21.3. The minimum Gasteiger partial charge on any atom is -0.497 e. The summed E-state index contributed by atoms with van der Waals surface area (Å²) in [5.41, 5.74) is 2.04. The van der Waals surface area contributed by atoms with Crippen molar-refractivity contribution in [2.24, 2.45) is 0 Å². The lowest BCUT2D eigenvalue weighted by atomic mass is 10.1. The predicted octanol–water partition coefficient (Wildman–Crippen LogP) is 5.74. The Kier molecular flexibility index (Phi) is 8.70. The molecular weight excluding hydrogens is 506 g/mol. The van der Waals surface area contributed by atoms with Crippen molar-refractivity contribution in [2.75, 3.05) is 26.9 Å². The highest BCUT2D eigenvalue weighted by Gasteiger charge is 2.34. The van der Waals surface area contributed by atoms with Crippen molar-refractivity contribution in [3.8, 4) is 23.0 Å². The third kappa shape index (κ3) is 6.54. The summed E-state index contributed by atoms with van der Waals surface area (Å²) >= 11 is 0.866. The van der Waals surface area contributed by atoms with Crippen LogP contribution in [-0.4, -0.2) is 48.9 Å². The lowest BCUT2D eigenvalue weighted by Gasteiger charge is -2.13. The number of imide groups is 1. The van der Waals surface area contributed by atoms with E-state index >= 15 is 0 Å². The van der Waals surface area contributed by atoms with Crippen LogP contribution in [0.25, 0.3) is 6.08 Å². The van der Waals surface area contributed by atoms with E-state index in [1.807, 2.05) is 38.1 Å². The van der Waals surface area contributed by atoms with Crippen LogP contribution >= 0.6 is 11.8 Å². The topological polar surface area (TPSA) is 91.4 Å². The zero-order chi connectivity index (χ0) is 27.1. The van der Waals surface area contributed by atoms with Gasteiger partial charge in [-0.05, 0) is 91.3 Å². The molecule has 0 spiro atoms. The van der Waals surface area contributed by atoms with Gasteiger partial charge in [-0.25, -0.2) is 4.79 Å². The van der Waals surface area contributed by atoms with Crippen molar-refractivity contribution < 1.29 is 33.3 Å². The van der Waals surface area contributed by atoms with Gasteiger partial charge in [0.2, 0.25) is 0 Å². The summed E-state index contributed by atoms with van der Waals surface area (Å²) in [6.45, 7) is 4.44. The first-order valence-electron chi connectivity index (χ1n) is 12.0. The van der Waals surface area contributed by atoms with Gasteiger partial charge in [0.1, 0.15) is 18.1 Å². The molecule has 2 amide bonds. The van der Waals surface area contributed by atoms with Crippen molar-refractivity contribution >= 4 is 35.0 Å². The quantitative estimate of drug-likeness (QED) is 0.185. The molecule has 0 bridgehead atoms. The standard InChI is InChI=1S/C29H27NO7S/c1-4-35-25-17-20(8-13-24(25)37-28(32)21-9-11-22(34-3)12-10-21)18-26-27(31)30(29(33)38-26)14-15-36-23-7-5-6-19(2)16-23/h5-13,16-18H,4,14-15H2,1-3H3/b26-18-. The van der Waals surface area contributed by atoms with E-state index in [9.17, 15) is 14.4 Å². The minimum atomic E-state index is -0.546. The van der Waals surface area contributed by atoms with Crippen LogP contribution in [0, 0.1) is 6.92 Å². The maximum Gasteiger partial charge on any atom is 0.343 e. The lowest BCUT2D eigenvalue weighted by molar-refractivity contribution is -0.123. The van der Waals surface area contributed by atoms with Crippen LogP contribution in [0.4, 0.5) is 4.79 Å². The van der Waals surface area contributed by atoms with Gasteiger partial charge in [0.15, 0.2) is 11.5 Å². The Balaban J connectivity index is 1.44. The highest BCUT2D eigenvalue weighted by molar-refractivity contribution is 8.18. The zero-order valence-corrected chi connectivity index (χ0v) is 22.1. The van der Waals surface area contributed by atoms with Gasteiger partial charge in [-0.15, -0.1) is 0 Å². The van der Waals surface area contributed by atoms with E-state index in [4.69, 9.17) is 18.9 Å². The second kappa shape index (κ2) is 12.3. The van der Waals surface area contributed by atoms with E-state index in [1.54, 1.807) is 55.7 Å². The molecule has 0 N–H and O–H groups in total. The number of benzene rings is 3. The van der Waals surface area contributed by atoms with E-state index in [0.717, 1.165) is 17.3 Å². The van der Waals surface area contributed by atoms with Crippen LogP contribution < -0.4 is 18.9 Å². The molecule has 38 heavy (non-hydrogen) atoms. The highest BCUT2D eigenvalue weighted by Crippen LogP contribution is 2.35. The first kappa shape index (κ1) is 26.8. The number of rotatable bonds is 10. The summed E-state index contributed by atoms with van der Waals surface area (Å²) in [4.78, 5) is 39.4. The summed E-state index contributed by atoms with van der Waals surface area (Å²) in [6.07, 6.45) is 1.61. The van der Waals surface area contributed by atoms with Gasteiger partial charge in [-0.2, -0.15) is 0 Å². The Morgan fingerprint density at radius 2 is 1.74 bits per heavy atom. The molecule has 1 aliphatic heterocycles. The molecule has 0 unspecified atom stereocenters. The number of aryl methyl sites for hydroxylation is 1. The fourth-order valence-corrected chi connectivity index (χ4v) is 4.52. The molecular formula is C29H27NO7S. The molecule has 196 valence electrons. The Bertz CT molecular complexity index is 1370. The highest BCUT2D eigenvalue weighted by atomic mass is 32.2. The minimum absolute atomic E-state index is 0.139. The van der Waals surface area contributed by atoms with Gasteiger partial charge in [0.05, 0.1) is 30.7 Å². The Morgan fingerprint density at radius 3 is 2.45 bits per heavy atom. The van der Waals surface area contributed by atoms with Crippen molar-refractivity contribution in [3.05, 3.63) is 88.3 Å². The Labute approximate surface area is 225 Å². The molecule has 0 aromatic heterocycles. The number of methoxy groups -OCH3 is 1. The lowest BCUT2D eigenvalue weighted by Crippen LogP contribution is -2.32. The van der Waals surface area contributed by atoms with E-state index in [0.29, 0.717) is 35.0 Å². The Hall–Kier alpha value is -4.24. The maximum absolute atomic E-state index is 12.9. The molecule has 1 aliphatic rings. The molecule has 3 aromatic rings. The molecule has 3 aromatic carbocycles. The predicted molar refractivity (Wildman–Crippen MR) is 145 cm³/mol. The van der Waals surface area contributed by atoms with Gasteiger partial charge in [-0.3, -0.25) is 14.5 Å². The normalized spacial score (nSPS) is 14.1. The summed E-state index contributed by atoms with van der Waals surface area (Å²) in [7, 11) is 1.55. The number of carbonyl (C=O) groups is 3. The Morgan fingerprint density at radius 1 is 0.947 bits per heavy atom. The van der Waals surface area contributed by atoms with Crippen LogP contribution in [0.1, 0.15) is 28.4 Å². The number of amides is 2. The van der Waals surface area contributed by atoms with Crippen molar-refractivity contribution in [3.63, 3.8) is 0 Å². The summed E-state index contributed by atoms with van der Waals surface area (Å²) in [5.74, 6) is 0.962. The number of hydrogen-bond donors (Lipinski definition) is 0. The van der Waals surface area contributed by atoms with E-state index in [-0.39, 0.29) is 35.0 Å². The smallest absolute Gasteiger partial charge is 0.343 e. The van der Waals surface area contributed by atoms with Crippen LogP contribution in [0.3, 0.4) is 0 Å². The SMILES string of the molecule is CCOc1cc(/C=C2\SC(=O)N(CCOc3cccc(C)c3)C2=O)ccc1OC(=O)c1ccc(OC)cc1. The molecule has 0 radical (unpaired) electrons. The van der Waals surface area contributed by atoms with Crippen LogP contribution in [-0.2, 0) is 4.79 Å². The average Bonchev–Trinajstić information content (AvgIpc) is 3.17. The second-order valence-corrected chi connectivity index (χ2v) is 9.25. The molecule has 0 saturated carbocycles. The van der Waals surface area contributed by atoms with Crippen LogP contribution in [0.5, 0.6) is 23.0 Å². The molecule has 9 heteroatoms. The van der Waals surface area contributed by atoms with Gasteiger partial charge in [0, 0.05) is 0 Å². The van der Waals surface area contributed by atoms with E-state index in [1.165, 1.54) is 4.90 Å². The molecule has 0 aliphatic carbocycles. The number of esters is 1. The molecule has 8 nitrogen and oxygen atoms in total. The first-order valence-corrected chi connectivity index (χ1v) is 12.8. The van der Waals surface area contributed by atoms with Crippen molar-refractivity contribution in [1.29, 1.82) is 0 Å². The maximum atomic E-state index is 12.9. The van der Waals surface area contributed by atoms with Crippen molar-refractivity contribution in [1.82, 2.24) is 4.90 Å². The van der Waals surface area contributed by atoms with Gasteiger partial charge < -0.3 is 18.9 Å². The molecule has 1 saturated heterocycles. The number of thioether (sulfide) groups is 1. The second-order valence-electron chi connectivity index (χ2n) is 8.26. The van der Waals surface area contributed by atoms with Gasteiger partial charge >= 0.3 is 5.97 Å². The number of carbonyl (C=O) groups excluding carboxylic acids is 3. The molecule has 0 atom stereocenters. The largest absolute Gasteiger partial charge is 0.497 e. The van der Waals surface area contributed by atoms with E-state index in [2.05, 4.69) is 0 Å². The fourth-order valence-electron chi connectivity index (χ4n) is 3.66. The number of ether oxygens (including phenoxy) is 4. The third-order valence-electron chi connectivity index (χ3n) is 5.54. The number of hydrogen-bond acceptors (Lipinski definition) is 8. The monoisotopic (exact) mass is 533 g/mol. The third-order valence-corrected chi connectivity index (χ3v) is 6.45. The summed E-state index contributed by atoms with van der Waals surface area (Å²) < 4.78 is 22.0. The molecule has 1 fully saturated rings.